The Morgan fingerprint density at radius 1 is 1.17 bits per heavy atom. The lowest BCUT2D eigenvalue weighted by molar-refractivity contribution is 0.588. The first-order valence-corrected chi connectivity index (χ1v) is 6.55. The van der Waals surface area contributed by atoms with Crippen LogP contribution in [0, 0.1) is 6.92 Å². The van der Waals surface area contributed by atoms with Gasteiger partial charge in [0.2, 0.25) is 0 Å². The van der Waals surface area contributed by atoms with Gasteiger partial charge in [-0.15, -0.1) is 0 Å². The topological polar surface area (TPSA) is 38.1 Å². The monoisotopic (exact) mass is 242 g/mol. The molecule has 0 bridgehead atoms. The average molecular weight is 242 g/mol. The zero-order valence-electron chi connectivity index (χ0n) is 10.9. The van der Waals surface area contributed by atoms with E-state index in [0.29, 0.717) is 6.01 Å². The molecule has 0 aliphatic heterocycles. The van der Waals surface area contributed by atoms with Gasteiger partial charge in [-0.2, -0.15) is 4.98 Å². The maximum atomic E-state index is 5.72. The van der Waals surface area contributed by atoms with Crippen LogP contribution >= 0.6 is 0 Å². The van der Waals surface area contributed by atoms with E-state index in [1.165, 1.54) is 36.8 Å². The summed E-state index contributed by atoms with van der Waals surface area (Å²) < 4.78 is 5.72. The van der Waals surface area contributed by atoms with E-state index in [-0.39, 0.29) is 0 Å². The highest BCUT2D eigenvalue weighted by molar-refractivity contribution is 5.63. The van der Waals surface area contributed by atoms with Gasteiger partial charge in [0, 0.05) is 12.6 Å². The molecule has 3 rings (SSSR count). The summed E-state index contributed by atoms with van der Waals surface area (Å²) in [5, 5.41) is 2.94. The first-order chi connectivity index (χ1) is 8.78. The summed E-state index contributed by atoms with van der Waals surface area (Å²) in [7, 11) is 1.82. The number of benzene rings is 1. The van der Waals surface area contributed by atoms with Gasteiger partial charge in [0.15, 0.2) is 5.76 Å². The Balaban J connectivity index is 2.03. The highest BCUT2D eigenvalue weighted by atomic mass is 16.4. The molecular formula is C15H18N2O. The fourth-order valence-electron chi connectivity index (χ4n) is 2.65. The molecule has 18 heavy (non-hydrogen) atoms. The van der Waals surface area contributed by atoms with Crippen molar-refractivity contribution < 1.29 is 4.42 Å². The predicted octanol–water partition coefficient (Wildman–Crippen LogP) is 3.57. The fourth-order valence-corrected chi connectivity index (χ4v) is 2.65. The number of rotatable bonds is 2. The molecule has 3 nitrogen and oxygen atoms in total. The second-order valence-electron chi connectivity index (χ2n) is 4.87. The van der Waals surface area contributed by atoms with Crippen LogP contribution in [0.5, 0.6) is 0 Å². The molecule has 0 saturated carbocycles. The predicted molar refractivity (Wildman–Crippen MR) is 72.9 cm³/mol. The normalized spacial score (nSPS) is 14.3. The number of hydrogen-bond acceptors (Lipinski definition) is 3. The van der Waals surface area contributed by atoms with Crippen LogP contribution in [-0.4, -0.2) is 12.0 Å². The van der Waals surface area contributed by atoms with E-state index in [0.717, 1.165) is 17.0 Å². The molecular weight excluding hydrogens is 224 g/mol. The van der Waals surface area contributed by atoms with Crippen LogP contribution in [-0.2, 0) is 12.8 Å². The van der Waals surface area contributed by atoms with E-state index in [1.54, 1.807) is 0 Å². The van der Waals surface area contributed by atoms with Crippen LogP contribution in [0.25, 0.3) is 11.3 Å². The van der Waals surface area contributed by atoms with Crippen molar-refractivity contribution in [1.29, 1.82) is 0 Å². The Morgan fingerprint density at radius 2 is 1.94 bits per heavy atom. The van der Waals surface area contributed by atoms with Gasteiger partial charge in [-0.3, -0.25) is 0 Å². The number of nitrogens with one attached hydrogen (secondary N) is 1. The third kappa shape index (κ3) is 1.90. The molecule has 0 spiro atoms. The summed E-state index contributed by atoms with van der Waals surface area (Å²) in [6.07, 6.45) is 5.02. The van der Waals surface area contributed by atoms with E-state index in [1.807, 2.05) is 14.0 Å². The summed E-state index contributed by atoms with van der Waals surface area (Å²) in [4.78, 5) is 4.34. The van der Waals surface area contributed by atoms with Gasteiger partial charge in [0.25, 0.3) is 6.01 Å². The first-order valence-electron chi connectivity index (χ1n) is 6.55. The van der Waals surface area contributed by atoms with Crippen LogP contribution in [0.2, 0.25) is 0 Å². The fraction of sp³-hybridized carbons (Fsp3) is 0.400. The number of aromatic nitrogens is 1. The number of anilines is 1. The first kappa shape index (κ1) is 11.3. The van der Waals surface area contributed by atoms with Gasteiger partial charge in [-0.1, -0.05) is 12.1 Å². The summed E-state index contributed by atoms with van der Waals surface area (Å²) >= 11 is 0. The molecule has 3 heteroatoms. The van der Waals surface area contributed by atoms with Gasteiger partial charge < -0.3 is 9.73 Å². The van der Waals surface area contributed by atoms with Crippen LogP contribution in [0.3, 0.4) is 0 Å². The lowest BCUT2D eigenvalue weighted by Gasteiger charge is -2.16. The molecule has 1 aromatic heterocycles. The highest BCUT2D eigenvalue weighted by Gasteiger charge is 2.14. The van der Waals surface area contributed by atoms with E-state index in [4.69, 9.17) is 4.42 Å². The van der Waals surface area contributed by atoms with Crippen LogP contribution in [0.4, 0.5) is 6.01 Å². The molecule has 0 atom stereocenters. The quantitative estimate of drug-likeness (QED) is 0.874. The molecule has 1 aliphatic rings. The Kier molecular flexibility index (Phi) is 2.82. The molecule has 0 unspecified atom stereocenters. The van der Waals surface area contributed by atoms with Crippen molar-refractivity contribution in [2.24, 2.45) is 0 Å². The Labute approximate surface area is 107 Å². The Bertz CT molecular complexity index is 572. The molecule has 94 valence electrons. The number of aryl methyl sites for hydroxylation is 3. The standard InChI is InChI=1S/C15H18N2O/c1-10-14(18-15(16-2)17-10)13-8-7-11-5-3-4-6-12(11)9-13/h7-9H,3-6H2,1-2H3,(H,16,17). The summed E-state index contributed by atoms with van der Waals surface area (Å²) in [5.41, 5.74) is 5.05. The van der Waals surface area contributed by atoms with Gasteiger partial charge in [0.05, 0.1) is 5.69 Å². The number of oxazole rings is 1. The van der Waals surface area contributed by atoms with Crippen molar-refractivity contribution in [2.75, 3.05) is 12.4 Å². The molecule has 1 aliphatic carbocycles. The second-order valence-corrected chi connectivity index (χ2v) is 4.87. The lowest BCUT2D eigenvalue weighted by atomic mass is 9.90. The molecule has 0 fully saturated rings. The van der Waals surface area contributed by atoms with E-state index >= 15 is 0 Å². The molecule has 1 aromatic carbocycles. The third-order valence-corrected chi connectivity index (χ3v) is 3.62. The molecule has 1 heterocycles. The van der Waals surface area contributed by atoms with Crippen LogP contribution in [0.1, 0.15) is 29.7 Å². The average Bonchev–Trinajstić information content (AvgIpc) is 2.79. The summed E-state index contributed by atoms with van der Waals surface area (Å²) in [5.74, 6) is 0.882. The molecule has 2 aromatic rings. The van der Waals surface area contributed by atoms with Crippen molar-refractivity contribution in [3.05, 3.63) is 35.0 Å². The van der Waals surface area contributed by atoms with Crippen LogP contribution in [0.15, 0.2) is 22.6 Å². The van der Waals surface area contributed by atoms with Crippen molar-refractivity contribution in [3.8, 4) is 11.3 Å². The maximum Gasteiger partial charge on any atom is 0.295 e. The highest BCUT2D eigenvalue weighted by Crippen LogP contribution is 2.30. The third-order valence-electron chi connectivity index (χ3n) is 3.62. The second kappa shape index (κ2) is 4.48. The zero-order chi connectivity index (χ0) is 12.5. The molecule has 0 radical (unpaired) electrons. The van der Waals surface area contributed by atoms with Gasteiger partial charge >= 0.3 is 0 Å². The van der Waals surface area contributed by atoms with Gasteiger partial charge in [-0.25, -0.2) is 0 Å². The smallest absolute Gasteiger partial charge is 0.295 e. The minimum absolute atomic E-state index is 0.584. The van der Waals surface area contributed by atoms with Crippen molar-refractivity contribution in [1.82, 2.24) is 4.98 Å². The summed E-state index contributed by atoms with van der Waals surface area (Å²) in [6, 6.07) is 7.24. The minimum atomic E-state index is 0.584. The van der Waals surface area contributed by atoms with Crippen molar-refractivity contribution in [3.63, 3.8) is 0 Å². The van der Waals surface area contributed by atoms with Crippen molar-refractivity contribution >= 4 is 6.01 Å². The number of nitrogens with zero attached hydrogens (tertiary/aromatic N) is 1. The zero-order valence-corrected chi connectivity index (χ0v) is 10.9. The number of hydrogen-bond donors (Lipinski definition) is 1. The molecule has 1 N–H and O–H groups in total. The Hall–Kier alpha value is -1.77. The summed E-state index contributed by atoms with van der Waals surface area (Å²) in [6.45, 7) is 1.99. The SMILES string of the molecule is CNc1nc(C)c(-c2ccc3c(c2)CCCC3)o1. The molecule has 0 saturated heterocycles. The van der Waals surface area contributed by atoms with E-state index < -0.39 is 0 Å². The number of fused-ring (bicyclic) bond motifs is 1. The van der Waals surface area contributed by atoms with Crippen LogP contribution < -0.4 is 5.32 Å². The van der Waals surface area contributed by atoms with Gasteiger partial charge in [-0.05, 0) is 49.8 Å². The van der Waals surface area contributed by atoms with Crippen molar-refractivity contribution in [2.45, 2.75) is 32.6 Å². The Morgan fingerprint density at radius 3 is 2.67 bits per heavy atom. The van der Waals surface area contributed by atoms with E-state index in [2.05, 4.69) is 28.5 Å². The van der Waals surface area contributed by atoms with Gasteiger partial charge in [0.1, 0.15) is 0 Å². The lowest BCUT2D eigenvalue weighted by Crippen LogP contribution is -2.02. The minimum Gasteiger partial charge on any atom is -0.423 e. The maximum absolute atomic E-state index is 5.72. The van der Waals surface area contributed by atoms with E-state index in [9.17, 15) is 0 Å². The molecule has 0 amide bonds. The largest absolute Gasteiger partial charge is 0.423 e.